The lowest BCUT2D eigenvalue weighted by atomic mass is 10.1. The summed E-state index contributed by atoms with van der Waals surface area (Å²) in [6, 6.07) is 5.90. The number of nitrogens with two attached hydrogens (primary N) is 1. The van der Waals surface area contributed by atoms with Crippen molar-refractivity contribution < 1.29 is 9.18 Å². The highest BCUT2D eigenvalue weighted by Gasteiger charge is 2.12. The predicted molar refractivity (Wildman–Crippen MR) is 80.6 cm³/mol. The van der Waals surface area contributed by atoms with Crippen molar-refractivity contribution in [1.82, 2.24) is 10.2 Å². The van der Waals surface area contributed by atoms with Crippen molar-refractivity contribution in [2.75, 3.05) is 26.2 Å². The molecule has 0 unspecified atom stereocenters. The molecule has 0 bridgehead atoms. The van der Waals surface area contributed by atoms with Crippen LogP contribution in [0.25, 0.3) is 0 Å². The zero-order chi connectivity index (χ0) is 15.1. The van der Waals surface area contributed by atoms with Crippen LogP contribution in [0, 0.1) is 5.82 Å². The molecule has 3 N–H and O–H groups in total. The fourth-order valence-electron chi connectivity index (χ4n) is 2.30. The Labute approximate surface area is 124 Å². The maximum absolute atomic E-state index is 13.4. The lowest BCUT2D eigenvalue weighted by molar-refractivity contribution is 0.0951. The summed E-state index contributed by atoms with van der Waals surface area (Å²) in [5, 5.41) is 2.64. The van der Waals surface area contributed by atoms with Crippen LogP contribution < -0.4 is 11.1 Å². The van der Waals surface area contributed by atoms with Gasteiger partial charge in [-0.3, -0.25) is 9.79 Å². The summed E-state index contributed by atoms with van der Waals surface area (Å²) < 4.78 is 13.4. The largest absolute Gasteiger partial charge is 0.370 e. The zero-order valence-corrected chi connectivity index (χ0v) is 12.0. The first-order valence-electron chi connectivity index (χ1n) is 7.26. The molecule has 1 heterocycles. The molecular formula is C15H21FN4O. The summed E-state index contributed by atoms with van der Waals surface area (Å²) in [4.78, 5) is 18.1. The van der Waals surface area contributed by atoms with E-state index in [0.29, 0.717) is 19.0 Å². The smallest absolute Gasteiger partial charge is 0.254 e. The molecule has 1 aliphatic rings. The van der Waals surface area contributed by atoms with Gasteiger partial charge in [0.1, 0.15) is 5.82 Å². The van der Waals surface area contributed by atoms with Gasteiger partial charge in [-0.1, -0.05) is 12.1 Å². The van der Waals surface area contributed by atoms with Gasteiger partial charge in [0.2, 0.25) is 0 Å². The van der Waals surface area contributed by atoms with Crippen molar-refractivity contribution in [2.45, 2.75) is 19.3 Å². The van der Waals surface area contributed by atoms with Crippen LogP contribution in [-0.4, -0.2) is 42.9 Å². The van der Waals surface area contributed by atoms with Crippen molar-refractivity contribution in [3.05, 3.63) is 35.6 Å². The number of carbonyl (C=O) groups excluding carboxylic acids is 1. The molecule has 1 aromatic rings. The highest BCUT2D eigenvalue weighted by molar-refractivity contribution is 5.94. The van der Waals surface area contributed by atoms with Crippen LogP contribution in [0.3, 0.4) is 0 Å². The zero-order valence-electron chi connectivity index (χ0n) is 12.0. The van der Waals surface area contributed by atoms with Gasteiger partial charge >= 0.3 is 0 Å². The average molecular weight is 292 g/mol. The number of hydrogen-bond acceptors (Lipinski definition) is 2. The summed E-state index contributed by atoms with van der Waals surface area (Å²) >= 11 is 0. The molecule has 0 spiro atoms. The van der Waals surface area contributed by atoms with E-state index in [4.69, 9.17) is 5.73 Å². The molecule has 1 fully saturated rings. The summed E-state index contributed by atoms with van der Waals surface area (Å²) in [7, 11) is 0. The van der Waals surface area contributed by atoms with Crippen molar-refractivity contribution in [3.8, 4) is 0 Å². The van der Waals surface area contributed by atoms with Gasteiger partial charge in [-0.15, -0.1) is 0 Å². The highest BCUT2D eigenvalue weighted by atomic mass is 19.1. The SMILES string of the molecule is NC(=NCCNC(=O)c1ccccc1F)N1CCCCC1. The van der Waals surface area contributed by atoms with E-state index in [1.807, 2.05) is 0 Å². The molecule has 1 amide bonds. The third kappa shape index (κ3) is 4.44. The minimum Gasteiger partial charge on any atom is -0.370 e. The second kappa shape index (κ2) is 7.61. The Morgan fingerprint density at radius 1 is 1.29 bits per heavy atom. The average Bonchev–Trinajstić information content (AvgIpc) is 2.52. The number of amides is 1. The van der Waals surface area contributed by atoms with Gasteiger partial charge in [-0.05, 0) is 31.4 Å². The monoisotopic (exact) mass is 292 g/mol. The van der Waals surface area contributed by atoms with Gasteiger partial charge in [0.05, 0.1) is 12.1 Å². The summed E-state index contributed by atoms with van der Waals surface area (Å²) in [5.41, 5.74) is 5.95. The van der Waals surface area contributed by atoms with Crippen LogP contribution in [-0.2, 0) is 0 Å². The topological polar surface area (TPSA) is 70.7 Å². The van der Waals surface area contributed by atoms with Gasteiger partial charge in [-0.25, -0.2) is 4.39 Å². The highest BCUT2D eigenvalue weighted by Crippen LogP contribution is 2.08. The number of nitrogens with zero attached hydrogens (tertiary/aromatic N) is 2. The van der Waals surface area contributed by atoms with Gasteiger partial charge in [0.25, 0.3) is 5.91 Å². The minimum absolute atomic E-state index is 0.0467. The molecule has 114 valence electrons. The molecule has 1 aromatic carbocycles. The fraction of sp³-hybridized carbons (Fsp3) is 0.467. The number of carbonyl (C=O) groups is 1. The second-order valence-corrected chi connectivity index (χ2v) is 5.02. The molecule has 0 radical (unpaired) electrons. The van der Waals surface area contributed by atoms with Crippen LogP contribution in [0.4, 0.5) is 4.39 Å². The molecule has 0 saturated carbocycles. The third-order valence-corrected chi connectivity index (χ3v) is 3.47. The number of rotatable bonds is 4. The van der Waals surface area contributed by atoms with Crippen LogP contribution in [0.5, 0.6) is 0 Å². The number of halogens is 1. The third-order valence-electron chi connectivity index (χ3n) is 3.47. The van der Waals surface area contributed by atoms with Gasteiger partial charge in [0, 0.05) is 19.6 Å². The standard InChI is InChI=1S/C15H21FN4O/c16-13-7-3-2-6-12(13)14(21)18-8-9-19-15(17)20-10-4-1-5-11-20/h2-3,6-7H,1,4-5,8-11H2,(H2,17,19)(H,18,21). The van der Waals surface area contributed by atoms with E-state index in [0.717, 1.165) is 25.9 Å². The Morgan fingerprint density at radius 2 is 2.00 bits per heavy atom. The first-order chi connectivity index (χ1) is 10.2. The van der Waals surface area contributed by atoms with E-state index < -0.39 is 11.7 Å². The number of aliphatic imine (C=N–C) groups is 1. The van der Waals surface area contributed by atoms with E-state index in [1.54, 1.807) is 12.1 Å². The Morgan fingerprint density at radius 3 is 2.71 bits per heavy atom. The summed E-state index contributed by atoms with van der Waals surface area (Å²) in [6.45, 7) is 2.61. The fourth-order valence-corrected chi connectivity index (χ4v) is 2.30. The molecule has 5 nitrogen and oxygen atoms in total. The normalized spacial score (nSPS) is 15.9. The van der Waals surface area contributed by atoms with E-state index in [-0.39, 0.29) is 5.56 Å². The molecule has 1 saturated heterocycles. The molecule has 0 atom stereocenters. The number of guanidine groups is 1. The Balaban J connectivity index is 1.76. The first kappa shape index (κ1) is 15.3. The number of nitrogens with one attached hydrogen (secondary N) is 1. The van der Waals surface area contributed by atoms with Crippen molar-refractivity contribution in [3.63, 3.8) is 0 Å². The molecule has 21 heavy (non-hydrogen) atoms. The number of piperidine rings is 1. The predicted octanol–water partition coefficient (Wildman–Crippen LogP) is 1.36. The molecule has 6 heteroatoms. The van der Waals surface area contributed by atoms with E-state index >= 15 is 0 Å². The first-order valence-corrected chi connectivity index (χ1v) is 7.26. The summed E-state index contributed by atoms with van der Waals surface area (Å²) in [6.07, 6.45) is 3.52. The minimum atomic E-state index is -0.522. The molecule has 1 aliphatic heterocycles. The van der Waals surface area contributed by atoms with Crippen molar-refractivity contribution >= 4 is 11.9 Å². The Kier molecular flexibility index (Phi) is 5.54. The van der Waals surface area contributed by atoms with E-state index in [9.17, 15) is 9.18 Å². The van der Waals surface area contributed by atoms with Gasteiger partial charge in [0.15, 0.2) is 5.96 Å². The number of hydrogen-bond donors (Lipinski definition) is 2. The van der Waals surface area contributed by atoms with Crippen molar-refractivity contribution in [2.24, 2.45) is 10.7 Å². The van der Waals surface area contributed by atoms with E-state index in [1.165, 1.54) is 18.6 Å². The van der Waals surface area contributed by atoms with Crippen LogP contribution in [0.2, 0.25) is 0 Å². The lowest BCUT2D eigenvalue weighted by Crippen LogP contribution is -2.41. The van der Waals surface area contributed by atoms with Crippen LogP contribution in [0.1, 0.15) is 29.6 Å². The lowest BCUT2D eigenvalue weighted by Gasteiger charge is -2.27. The Hall–Kier alpha value is -2.11. The Bertz CT molecular complexity index is 512. The van der Waals surface area contributed by atoms with E-state index in [2.05, 4.69) is 15.2 Å². The van der Waals surface area contributed by atoms with Gasteiger partial charge in [-0.2, -0.15) is 0 Å². The van der Waals surface area contributed by atoms with Gasteiger partial charge < -0.3 is 16.0 Å². The van der Waals surface area contributed by atoms with Crippen LogP contribution >= 0.6 is 0 Å². The molecule has 0 aliphatic carbocycles. The molecule has 2 rings (SSSR count). The number of likely N-dealkylation sites (tertiary alicyclic amines) is 1. The second-order valence-electron chi connectivity index (χ2n) is 5.02. The summed E-state index contributed by atoms with van der Waals surface area (Å²) in [5.74, 6) is -0.430. The van der Waals surface area contributed by atoms with Crippen molar-refractivity contribution in [1.29, 1.82) is 0 Å². The molecular weight excluding hydrogens is 271 g/mol. The molecule has 0 aromatic heterocycles. The maximum atomic E-state index is 13.4. The maximum Gasteiger partial charge on any atom is 0.254 e. The quantitative estimate of drug-likeness (QED) is 0.500. The number of benzene rings is 1. The van der Waals surface area contributed by atoms with Crippen LogP contribution in [0.15, 0.2) is 29.3 Å².